The molecule has 3 rings (SSSR count). The van der Waals surface area contributed by atoms with Crippen LogP contribution in [0, 0.1) is 19.8 Å². The largest absolute Gasteiger partial charge is 0.435 e. The summed E-state index contributed by atoms with van der Waals surface area (Å²) in [5.74, 6) is -0.437. The number of alkyl halides is 2. The fourth-order valence-electron chi connectivity index (χ4n) is 3.80. The van der Waals surface area contributed by atoms with Crippen LogP contribution in [-0.2, 0) is 9.59 Å². The number of likely N-dealkylation sites (tertiary alicyclic amines) is 1. The lowest BCUT2D eigenvalue weighted by Crippen LogP contribution is -2.41. The second-order valence-corrected chi connectivity index (χ2v) is 7.87. The zero-order chi connectivity index (χ0) is 22.4. The van der Waals surface area contributed by atoms with Crippen molar-refractivity contribution in [3.05, 3.63) is 53.6 Å². The van der Waals surface area contributed by atoms with E-state index < -0.39 is 6.61 Å². The van der Waals surface area contributed by atoms with Gasteiger partial charge in [-0.2, -0.15) is 8.78 Å². The Morgan fingerprint density at radius 3 is 2.35 bits per heavy atom. The Balaban J connectivity index is 1.45. The zero-order valence-electron chi connectivity index (χ0n) is 17.7. The first-order valence-electron chi connectivity index (χ1n) is 10.2. The molecule has 166 valence electrons. The zero-order valence-corrected chi connectivity index (χ0v) is 17.7. The number of anilines is 2. The van der Waals surface area contributed by atoms with Crippen LogP contribution in [0.2, 0.25) is 0 Å². The van der Waals surface area contributed by atoms with E-state index in [0.29, 0.717) is 31.6 Å². The molecule has 2 aromatic carbocycles. The Kier molecular flexibility index (Phi) is 7.57. The van der Waals surface area contributed by atoms with Gasteiger partial charge < -0.3 is 15.4 Å². The highest BCUT2D eigenvalue weighted by Crippen LogP contribution is 2.23. The first-order chi connectivity index (χ1) is 14.8. The van der Waals surface area contributed by atoms with Crippen LogP contribution in [-0.4, -0.2) is 43.0 Å². The number of benzene rings is 2. The van der Waals surface area contributed by atoms with Gasteiger partial charge >= 0.3 is 6.61 Å². The van der Waals surface area contributed by atoms with Gasteiger partial charge in [-0.1, -0.05) is 12.1 Å². The average molecular weight is 431 g/mol. The lowest BCUT2D eigenvalue weighted by atomic mass is 9.95. The highest BCUT2D eigenvalue weighted by atomic mass is 19.3. The van der Waals surface area contributed by atoms with Crippen LogP contribution in [0.25, 0.3) is 0 Å². The topological polar surface area (TPSA) is 70.7 Å². The van der Waals surface area contributed by atoms with Crippen LogP contribution in [0.3, 0.4) is 0 Å². The Labute approximate surface area is 180 Å². The van der Waals surface area contributed by atoms with Gasteiger partial charge in [0.25, 0.3) is 0 Å². The number of ether oxygens (including phenoxy) is 1. The number of piperidine rings is 1. The number of amides is 2. The van der Waals surface area contributed by atoms with E-state index in [-0.39, 0.29) is 30.0 Å². The molecular formula is C23H27F2N3O3. The summed E-state index contributed by atoms with van der Waals surface area (Å²) in [4.78, 5) is 26.9. The van der Waals surface area contributed by atoms with Crippen molar-refractivity contribution in [2.75, 3.05) is 30.3 Å². The minimum Gasteiger partial charge on any atom is -0.435 e. The van der Waals surface area contributed by atoms with Crippen molar-refractivity contribution in [3.63, 3.8) is 0 Å². The van der Waals surface area contributed by atoms with Crippen LogP contribution in [0.1, 0.15) is 24.0 Å². The number of nitrogens with zero attached hydrogens (tertiary/aromatic N) is 1. The fraction of sp³-hybridized carbons (Fsp3) is 0.391. The van der Waals surface area contributed by atoms with Crippen molar-refractivity contribution < 1.29 is 23.1 Å². The van der Waals surface area contributed by atoms with Crippen molar-refractivity contribution in [1.82, 2.24) is 4.90 Å². The maximum atomic E-state index is 12.5. The second kappa shape index (κ2) is 10.3. The van der Waals surface area contributed by atoms with Crippen LogP contribution in [0.4, 0.5) is 20.2 Å². The molecule has 1 fully saturated rings. The maximum absolute atomic E-state index is 12.5. The van der Waals surface area contributed by atoms with Crippen LogP contribution in [0.15, 0.2) is 42.5 Å². The summed E-state index contributed by atoms with van der Waals surface area (Å²) in [5, 5.41) is 5.69. The molecule has 6 nitrogen and oxygen atoms in total. The fourth-order valence-corrected chi connectivity index (χ4v) is 3.80. The van der Waals surface area contributed by atoms with Gasteiger partial charge in [-0.15, -0.1) is 0 Å². The lowest BCUT2D eigenvalue weighted by molar-refractivity contribution is -0.121. The third-order valence-corrected chi connectivity index (χ3v) is 5.16. The smallest absolute Gasteiger partial charge is 0.387 e. The standard InChI is InChI=1S/C23H27F2N3O3/c1-15-10-16(2)12-19(11-15)26-21(29)14-28-8-6-17(7-9-28)22(30)27-18-4-3-5-20(13-18)31-23(24)25/h3-5,10-13,17,23H,6-9,14H2,1-2H3,(H,26,29)(H,27,30). The van der Waals surface area contributed by atoms with E-state index in [1.807, 2.05) is 36.9 Å². The van der Waals surface area contributed by atoms with E-state index in [4.69, 9.17) is 0 Å². The van der Waals surface area contributed by atoms with Crippen molar-refractivity contribution in [2.45, 2.75) is 33.3 Å². The molecule has 0 unspecified atom stereocenters. The minimum atomic E-state index is -2.91. The molecule has 1 heterocycles. The van der Waals surface area contributed by atoms with Crippen molar-refractivity contribution in [2.24, 2.45) is 5.92 Å². The number of aryl methyl sites for hydroxylation is 2. The van der Waals surface area contributed by atoms with Gasteiger partial charge in [0.15, 0.2) is 0 Å². The summed E-state index contributed by atoms with van der Waals surface area (Å²) in [7, 11) is 0. The van der Waals surface area contributed by atoms with E-state index in [0.717, 1.165) is 16.8 Å². The first kappa shape index (κ1) is 22.7. The molecule has 0 bridgehead atoms. The molecule has 8 heteroatoms. The van der Waals surface area contributed by atoms with Crippen molar-refractivity contribution in [3.8, 4) is 5.75 Å². The first-order valence-corrected chi connectivity index (χ1v) is 10.2. The molecule has 1 aliphatic rings. The summed E-state index contributed by atoms with van der Waals surface area (Å²) in [6.07, 6.45) is 1.24. The predicted octanol–water partition coefficient (Wildman–Crippen LogP) is 4.19. The Morgan fingerprint density at radius 1 is 1.03 bits per heavy atom. The van der Waals surface area contributed by atoms with Gasteiger partial charge in [0.2, 0.25) is 11.8 Å². The summed E-state index contributed by atoms with van der Waals surface area (Å²) >= 11 is 0. The van der Waals surface area contributed by atoms with Crippen molar-refractivity contribution in [1.29, 1.82) is 0 Å². The van der Waals surface area contributed by atoms with Gasteiger partial charge in [-0.25, -0.2) is 0 Å². The van der Waals surface area contributed by atoms with E-state index in [9.17, 15) is 18.4 Å². The minimum absolute atomic E-state index is 0.00237. The van der Waals surface area contributed by atoms with E-state index in [1.54, 1.807) is 12.1 Å². The molecule has 0 radical (unpaired) electrons. The number of carbonyl (C=O) groups excluding carboxylic acids is 2. The summed E-state index contributed by atoms with van der Waals surface area (Å²) in [5.41, 5.74) is 3.38. The maximum Gasteiger partial charge on any atom is 0.387 e. The number of rotatable bonds is 7. The molecule has 1 saturated heterocycles. The number of nitrogens with one attached hydrogen (secondary N) is 2. The summed E-state index contributed by atoms with van der Waals surface area (Å²) in [6.45, 7) is 2.59. The molecule has 0 saturated carbocycles. The highest BCUT2D eigenvalue weighted by Gasteiger charge is 2.26. The van der Waals surface area contributed by atoms with Gasteiger partial charge in [0.1, 0.15) is 5.75 Å². The predicted molar refractivity (Wildman–Crippen MR) is 115 cm³/mol. The molecule has 2 aromatic rings. The van der Waals surface area contributed by atoms with E-state index in [1.165, 1.54) is 12.1 Å². The molecule has 2 amide bonds. The number of carbonyl (C=O) groups is 2. The number of halogens is 2. The van der Waals surface area contributed by atoms with Crippen LogP contribution >= 0.6 is 0 Å². The molecule has 0 aromatic heterocycles. The normalized spacial score (nSPS) is 15.0. The van der Waals surface area contributed by atoms with Gasteiger partial charge in [-0.05, 0) is 75.2 Å². The molecule has 1 aliphatic heterocycles. The lowest BCUT2D eigenvalue weighted by Gasteiger charge is -2.30. The molecule has 0 aliphatic carbocycles. The van der Waals surface area contributed by atoms with E-state index >= 15 is 0 Å². The third kappa shape index (κ3) is 7.03. The summed E-state index contributed by atoms with van der Waals surface area (Å²) in [6, 6.07) is 11.9. The average Bonchev–Trinajstić information content (AvgIpc) is 2.67. The molecule has 0 atom stereocenters. The number of hydrogen-bond acceptors (Lipinski definition) is 4. The highest BCUT2D eigenvalue weighted by molar-refractivity contribution is 5.93. The second-order valence-electron chi connectivity index (χ2n) is 7.87. The quantitative estimate of drug-likeness (QED) is 0.690. The Hall–Kier alpha value is -3.00. The number of hydrogen-bond donors (Lipinski definition) is 2. The molecule has 2 N–H and O–H groups in total. The van der Waals surface area contributed by atoms with Gasteiger partial charge in [-0.3, -0.25) is 14.5 Å². The molecular weight excluding hydrogens is 404 g/mol. The Bertz CT molecular complexity index is 908. The monoisotopic (exact) mass is 431 g/mol. The summed E-state index contributed by atoms with van der Waals surface area (Å²) < 4.78 is 29.1. The Morgan fingerprint density at radius 2 is 1.71 bits per heavy atom. The van der Waals surface area contributed by atoms with Gasteiger partial charge in [0.05, 0.1) is 6.54 Å². The third-order valence-electron chi connectivity index (χ3n) is 5.16. The molecule has 31 heavy (non-hydrogen) atoms. The van der Waals surface area contributed by atoms with Crippen LogP contribution in [0.5, 0.6) is 5.75 Å². The molecule has 0 spiro atoms. The van der Waals surface area contributed by atoms with E-state index in [2.05, 4.69) is 15.4 Å². The SMILES string of the molecule is Cc1cc(C)cc(NC(=O)CN2CCC(C(=O)Nc3cccc(OC(F)F)c3)CC2)c1. The van der Waals surface area contributed by atoms with Crippen LogP contribution < -0.4 is 15.4 Å². The van der Waals surface area contributed by atoms with Crippen molar-refractivity contribution >= 4 is 23.2 Å². The van der Waals surface area contributed by atoms with Gasteiger partial charge in [0, 0.05) is 23.4 Å².